The minimum atomic E-state index is -0.655. The summed E-state index contributed by atoms with van der Waals surface area (Å²) in [5.74, 6) is -1.34. The molecule has 2 bridgehead atoms. The Morgan fingerprint density at radius 2 is 1.84 bits per heavy atom. The van der Waals surface area contributed by atoms with Gasteiger partial charge in [0.1, 0.15) is 6.04 Å². The van der Waals surface area contributed by atoms with Crippen LogP contribution in [0.25, 0.3) is 0 Å². The van der Waals surface area contributed by atoms with E-state index in [0.29, 0.717) is 13.1 Å². The molecule has 8 heteroatoms. The van der Waals surface area contributed by atoms with Crippen LogP contribution >= 0.6 is 11.8 Å². The Bertz CT molecular complexity index is 717. The van der Waals surface area contributed by atoms with Crippen molar-refractivity contribution in [1.82, 2.24) is 15.5 Å². The number of hydrogen-bond acceptors (Lipinski definition) is 5. The van der Waals surface area contributed by atoms with Crippen molar-refractivity contribution >= 4 is 29.5 Å². The number of nitrogens with one attached hydrogen (secondary N) is 2. The van der Waals surface area contributed by atoms with Crippen LogP contribution in [0.15, 0.2) is 0 Å². The van der Waals surface area contributed by atoms with E-state index in [0.717, 1.165) is 32.1 Å². The lowest BCUT2D eigenvalue weighted by atomic mass is 9.66. The third-order valence-corrected chi connectivity index (χ3v) is 9.42. The molecule has 3 aliphatic rings. The van der Waals surface area contributed by atoms with E-state index in [4.69, 9.17) is 0 Å². The van der Waals surface area contributed by atoms with Gasteiger partial charge in [-0.15, -0.1) is 11.8 Å². The number of thioether (sulfide) groups is 1. The molecule has 3 fully saturated rings. The Kier molecular flexibility index (Phi) is 7.31. The lowest BCUT2D eigenvalue weighted by molar-refractivity contribution is -0.144. The average molecular weight is 454 g/mol. The molecule has 0 aromatic rings. The number of carbonyl (C=O) groups is 3. The first kappa shape index (κ1) is 24.4. The standard InChI is InChI=1S/C23H39N3O4S/c1-6-8-12-25-20(29)18-23-10-9-22(5,31-23)16(19(28)24-11-7-2)17(23)21(30)26(18)15(13-27)14(3)4/h14-18,27H,6-13H2,1-5H3,(H,24,28)(H,25,29)/t15-,16+,17-,18?,22-,23?/m0/s1. The fourth-order valence-corrected chi connectivity index (χ4v) is 8.23. The Hall–Kier alpha value is -1.28. The minimum Gasteiger partial charge on any atom is -0.394 e. The quantitative estimate of drug-likeness (QED) is 0.439. The van der Waals surface area contributed by atoms with Gasteiger partial charge in [-0.1, -0.05) is 34.1 Å². The Balaban J connectivity index is 2.03. The number of aliphatic hydroxyl groups excluding tert-OH is 1. The van der Waals surface area contributed by atoms with Gasteiger partial charge in [0.25, 0.3) is 0 Å². The summed E-state index contributed by atoms with van der Waals surface area (Å²) in [6, 6.07) is -1.10. The molecule has 0 aromatic carbocycles. The van der Waals surface area contributed by atoms with Gasteiger partial charge in [0.15, 0.2) is 0 Å². The maximum Gasteiger partial charge on any atom is 0.244 e. The molecule has 6 atom stereocenters. The lowest BCUT2D eigenvalue weighted by Gasteiger charge is -2.38. The first-order chi connectivity index (χ1) is 14.7. The van der Waals surface area contributed by atoms with Crippen molar-refractivity contribution in [2.75, 3.05) is 19.7 Å². The molecule has 3 saturated heterocycles. The first-order valence-electron chi connectivity index (χ1n) is 11.9. The van der Waals surface area contributed by atoms with Gasteiger partial charge < -0.3 is 20.6 Å². The fraction of sp³-hybridized carbons (Fsp3) is 0.870. The summed E-state index contributed by atoms with van der Waals surface area (Å²) in [5, 5.41) is 16.2. The molecular formula is C23H39N3O4S. The van der Waals surface area contributed by atoms with Gasteiger partial charge in [-0.2, -0.15) is 0 Å². The highest BCUT2D eigenvalue weighted by Crippen LogP contribution is 2.71. The second kappa shape index (κ2) is 9.30. The van der Waals surface area contributed by atoms with Gasteiger partial charge in [-0.3, -0.25) is 14.4 Å². The van der Waals surface area contributed by atoms with Crippen LogP contribution in [0.3, 0.4) is 0 Å². The van der Waals surface area contributed by atoms with Crippen molar-refractivity contribution < 1.29 is 19.5 Å². The summed E-state index contributed by atoms with van der Waals surface area (Å²) >= 11 is 1.68. The van der Waals surface area contributed by atoms with E-state index in [1.54, 1.807) is 16.7 Å². The molecule has 0 saturated carbocycles. The highest BCUT2D eigenvalue weighted by Gasteiger charge is 2.77. The predicted molar refractivity (Wildman–Crippen MR) is 123 cm³/mol. The second-order valence-corrected chi connectivity index (χ2v) is 11.8. The largest absolute Gasteiger partial charge is 0.394 e. The highest BCUT2D eigenvalue weighted by molar-refractivity contribution is 8.02. The number of fused-ring (bicyclic) bond motifs is 1. The van der Waals surface area contributed by atoms with Gasteiger partial charge in [-0.25, -0.2) is 0 Å². The summed E-state index contributed by atoms with van der Waals surface area (Å²) in [6.45, 7) is 11.0. The van der Waals surface area contributed by atoms with Gasteiger partial charge in [0, 0.05) is 17.8 Å². The van der Waals surface area contributed by atoms with Gasteiger partial charge in [0.2, 0.25) is 17.7 Å². The topological polar surface area (TPSA) is 98.7 Å². The maximum atomic E-state index is 13.9. The van der Waals surface area contributed by atoms with Crippen LogP contribution in [0.1, 0.15) is 66.7 Å². The lowest BCUT2D eigenvalue weighted by Crippen LogP contribution is -2.57. The number of rotatable bonds is 10. The summed E-state index contributed by atoms with van der Waals surface area (Å²) in [5.41, 5.74) is 0. The Morgan fingerprint density at radius 1 is 1.16 bits per heavy atom. The molecule has 3 rings (SSSR count). The Labute approximate surface area is 190 Å². The zero-order valence-electron chi connectivity index (χ0n) is 19.6. The average Bonchev–Trinajstić information content (AvgIpc) is 3.28. The third kappa shape index (κ3) is 3.88. The number of amides is 3. The van der Waals surface area contributed by atoms with Crippen molar-refractivity contribution in [3.05, 3.63) is 0 Å². The van der Waals surface area contributed by atoms with E-state index in [-0.39, 0.29) is 35.0 Å². The number of likely N-dealkylation sites (tertiary alicyclic amines) is 1. The molecule has 3 aliphatic heterocycles. The number of nitrogens with zero attached hydrogens (tertiary/aromatic N) is 1. The number of aliphatic hydroxyl groups is 1. The molecule has 2 unspecified atom stereocenters. The zero-order chi connectivity index (χ0) is 23.0. The first-order valence-corrected chi connectivity index (χ1v) is 12.7. The third-order valence-electron chi connectivity index (χ3n) is 7.44. The van der Waals surface area contributed by atoms with E-state index in [1.807, 2.05) is 20.8 Å². The highest BCUT2D eigenvalue weighted by atomic mass is 32.2. The minimum absolute atomic E-state index is 0.000253. The van der Waals surface area contributed by atoms with Crippen LogP contribution in [-0.4, -0.2) is 69.0 Å². The van der Waals surface area contributed by atoms with Crippen LogP contribution in [0, 0.1) is 17.8 Å². The predicted octanol–water partition coefficient (Wildman–Crippen LogP) is 1.93. The van der Waals surface area contributed by atoms with Crippen LogP contribution in [-0.2, 0) is 14.4 Å². The summed E-state index contributed by atoms with van der Waals surface area (Å²) in [6.07, 6.45) is 4.23. The van der Waals surface area contributed by atoms with Gasteiger partial charge in [0.05, 0.1) is 29.2 Å². The van der Waals surface area contributed by atoms with Crippen molar-refractivity contribution in [2.24, 2.45) is 17.8 Å². The van der Waals surface area contributed by atoms with Crippen LogP contribution in [0.4, 0.5) is 0 Å². The molecule has 176 valence electrons. The molecule has 1 spiro atoms. The van der Waals surface area contributed by atoms with Crippen molar-refractivity contribution in [3.8, 4) is 0 Å². The number of hydrogen-bond donors (Lipinski definition) is 3. The Morgan fingerprint density at radius 3 is 2.42 bits per heavy atom. The summed E-state index contributed by atoms with van der Waals surface area (Å²) in [4.78, 5) is 42.2. The van der Waals surface area contributed by atoms with Crippen LogP contribution < -0.4 is 10.6 Å². The van der Waals surface area contributed by atoms with E-state index in [1.165, 1.54) is 0 Å². The normalized spacial score (nSPS) is 34.9. The summed E-state index contributed by atoms with van der Waals surface area (Å²) < 4.78 is -0.961. The number of unbranched alkanes of at least 4 members (excludes halogenated alkanes) is 1. The molecule has 31 heavy (non-hydrogen) atoms. The van der Waals surface area contributed by atoms with Crippen molar-refractivity contribution in [1.29, 1.82) is 0 Å². The summed E-state index contributed by atoms with van der Waals surface area (Å²) in [7, 11) is 0. The molecule has 0 aliphatic carbocycles. The van der Waals surface area contributed by atoms with E-state index < -0.39 is 28.7 Å². The van der Waals surface area contributed by atoms with E-state index in [9.17, 15) is 19.5 Å². The van der Waals surface area contributed by atoms with Gasteiger partial charge >= 0.3 is 0 Å². The van der Waals surface area contributed by atoms with Crippen LogP contribution in [0.2, 0.25) is 0 Å². The van der Waals surface area contributed by atoms with Crippen LogP contribution in [0.5, 0.6) is 0 Å². The smallest absolute Gasteiger partial charge is 0.244 e. The second-order valence-electron chi connectivity index (χ2n) is 9.90. The van der Waals surface area contributed by atoms with Crippen molar-refractivity contribution in [3.63, 3.8) is 0 Å². The molecular weight excluding hydrogens is 414 g/mol. The molecule has 0 radical (unpaired) electrons. The van der Waals surface area contributed by atoms with Crippen molar-refractivity contribution in [2.45, 2.75) is 88.3 Å². The zero-order valence-corrected chi connectivity index (χ0v) is 20.4. The molecule has 0 aromatic heterocycles. The molecule has 3 heterocycles. The number of carbonyl (C=O) groups excluding carboxylic acids is 3. The monoisotopic (exact) mass is 453 g/mol. The fourth-order valence-electron chi connectivity index (χ4n) is 5.88. The van der Waals surface area contributed by atoms with Gasteiger partial charge in [-0.05, 0) is 38.5 Å². The molecule has 3 amide bonds. The maximum absolute atomic E-state index is 13.9. The molecule has 7 nitrogen and oxygen atoms in total. The van der Waals surface area contributed by atoms with E-state index in [2.05, 4.69) is 24.5 Å². The molecule has 3 N–H and O–H groups in total. The SMILES string of the molecule is CCCCNC(=O)C1N([C@@H](CO)C(C)C)C(=O)[C@@H]2[C@H](C(=O)NCCC)[C@]3(C)CCC12S3. The van der Waals surface area contributed by atoms with E-state index >= 15 is 0 Å².